The van der Waals surface area contributed by atoms with Crippen LogP contribution in [0.3, 0.4) is 0 Å². The van der Waals surface area contributed by atoms with Crippen molar-refractivity contribution in [2.45, 2.75) is 38.6 Å². The molecule has 2 aromatic carbocycles. The van der Waals surface area contributed by atoms with Crippen LogP contribution in [0.15, 0.2) is 66.1 Å². The van der Waals surface area contributed by atoms with Crippen LogP contribution < -0.4 is 9.62 Å². The van der Waals surface area contributed by atoms with Crippen LogP contribution >= 0.6 is 0 Å². The number of nitrogens with zero attached hydrogens (tertiary/aromatic N) is 3. The molecular weight excluding hydrogens is 412 g/mol. The third-order valence-corrected chi connectivity index (χ3v) is 6.65. The van der Waals surface area contributed by atoms with Gasteiger partial charge in [-0.3, -0.25) is 9.10 Å². The average molecular weight is 441 g/mol. The summed E-state index contributed by atoms with van der Waals surface area (Å²) in [7, 11) is -3.91. The number of imidazole rings is 1. The van der Waals surface area contributed by atoms with Gasteiger partial charge in [-0.15, -0.1) is 0 Å². The van der Waals surface area contributed by atoms with Crippen molar-refractivity contribution in [3.63, 3.8) is 0 Å². The van der Waals surface area contributed by atoms with E-state index in [1.165, 1.54) is 4.31 Å². The number of aromatic nitrogens is 2. The van der Waals surface area contributed by atoms with Gasteiger partial charge in [0.25, 0.3) is 10.0 Å². The number of hydrogen-bond donors (Lipinski definition) is 1. The molecule has 1 amide bonds. The quantitative estimate of drug-likeness (QED) is 0.518. The molecule has 3 rings (SSSR count). The number of sulfonamides is 1. The van der Waals surface area contributed by atoms with E-state index in [1.54, 1.807) is 48.9 Å². The maximum absolute atomic E-state index is 13.4. The lowest BCUT2D eigenvalue weighted by atomic mass is 10.1. The van der Waals surface area contributed by atoms with Crippen LogP contribution in [-0.4, -0.2) is 37.0 Å². The number of aryl methyl sites for hydroxylation is 4. The molecule has 3 aromatic rings. The molecule has 7 nitrogen and oxygen atoms in total. The minimum Gasteiger partial charge on any atom is -0.354 e. The Morgan fingerprint density at radius 2 is 1.71 bits per heavy atom. The van der Waals surface area contributed by atoms with Crippen LogP contribution in [-0.2, 0) is 21.4 Å². The Morgan fingerprint density at radius 3 is 2.32 bits per heavy atom. The molecule has 0 aliphatic carbocycles. The van der Waals surface area contributed by atoms with Gasteiger partial charge in [0.05, 0.1) is 16.9 Å². The molecule has 0 fully saturated rings. The first-order valence-corrected chi connectivity index (χ1v) is 11.6. The molecule has 0 spiro atoms. The topological polar surface area (TPSA) is 84.3 Å². The average Bonchev–Trinajstić information content (AvgIpc) is 3.22. The fourth-order valence-electron chi connectivity index (χ4n) is 3.34. The molecule has 0 aliphatic heterocycles. The van der Waals surface area contributed by atoms with Crippen LogP contribution in [0.5, 0.6) is 0 Å². The highest BCUT2D eigenvalue weighted by Gasteiger charge is 2.27. The Bertz CT molecular complexity index is 1100. The molecular formula is C23H28N4O3S. The summed E-state index contributed by atoms with van der Waals surface area (Å²) in [4.78, 5) is 16.8. The summed E-state index contributed by atoms with van der Waals surface area (Å²) in [6.45, 7) is 6.59. The summed E-state index contributed by atoms with van der Waals surface area (Å²) in [5, 5.41) is 2.83. The Hall–Kier alpha value is -3.13. The van der Waals surface area contributed by atoms with E-state index < -0.39 is 10.0 Å². The number of amides is 1. The SMILES string of the molecule is Cc1ccc(S(=O)(=O)N(CC(=O)NCCCn2ccnc2)c2cc(C)cc(C)c2)cc1. The number of anilines is 1. The maximum atomic E-state index is 13.4. The fourth-order valence-corrected chi connectivity index (χ4v) is 4.75. The third-order valence-electron chi connectivity index (χ3n) is 4.87. The molecule has 8 heteroatoms. The van der Waals surface area contributed by atoms with Crippen molar-refractivity contribution in [1.82, 2.24) is 14.9 Å². The van der Waals surface area contributed by atoms with Crippen molar-refractivity contribution >= 4 is 21.6 Å². The van der Waals surface area contributed by atoms with Crippen molar-refractivity contribution in [3.8, 4) is 0 Å². The molecule has 0 saturated heterocycles. The number of hydrogen-bond acceptors (Lipinski definition) is 4. The van der Waals surface area contributed by atoms with Crippen LogP contribution in [0.25, 0.3) is 0 Å². The van der Waals surface area contributed by atoms with Gasteiger partial charge in [0, 0.05) is 25.5 Å². The molecule has 0 aliphatic rings. The number of carbonyl (C=O) groups excluding carboxylic acids is 1. The molecule has 0 atom stereocenters. The summed E-state index contributed by atoms with van der Waals surface area (Å²) in [5.41, 5.74) is 3.30. The zero-order valence-corrected chi connectivity index (χ0v) is 18.9. The van der Waals surface area contributed by atoms with Crippen LogP contribution in [0.4, 0.5) is 5.69 Å². The van der Waals surface area contributed by atoms with Crippen molar-refractivity contribution < 1.29 is 13.2 Å². The monoisotopic (exact) mass is 440 g/mol. The van der Waals surface area contributed by atoms with E-state index in [0.717, 1.165) is 29.7 Å². The summed E-state index contributed by atoms with van der Waals surface area (Å²) in [5.74, 6) is -0.347. The summed E-state index contributed by atoms with van der Waals surface area (Å²) in [6, 6.07) is 12.2. The smallest absolute Gasteiger partial charge is 0.264 e. The van der Waals surface area contributed by atoms with Gasteiger partial charge < -0.3 is 9.88 Å². The second kappa shape index (κ2) is 9.78. The van der Waals surface area contributed by atoms with Crippen molar-refractivity contribution in [2.24, 2.45) is 0 Å². The van der Waals surface area contributed by atoms with Crippen LogP contribution in [0, 0.1) is 20.8 Å². The standard InChI is InChI=1S/C23H28N4O3S/c1-18-5-7-22(8-6-18)31(29,30)27(21-14-19(2)13-20(3)15-21)16-23(28)25-9-4-11-26-12-10-24-17-26/h5-8,10,12-15,17H,4,9,11,16H2,1-3H3,(H,25,28). The first kappa shape index (κ1) is 22.6. The Morgan fingerprint density at radius 1 is 1.03 bits per heavy atom. The van der Waals surface area contributed by atoms with Gasteiger partial charge in [0.1, 0.15) is 6.54 Å². The van der Waals surface area contributed by atoms with E-state index in [4.69, 9.17) is 0 Å². The van der Waals surface area contributed by atoms with Crippen LogP contribution in [0.1, 0.15) is 23.1 Å². The van der Waals surface area contributed by atoms with E-state index in [0.29, 0.717) is 12.2 Å². The molecule has 0 bridgehead atoms. The van der Waals surface area contributed by atoms with E-state index in [9.17, 15) is 13.2 Å². The zero-order chi connectivity index (χ0) is 22.4. The highest BCUT2D eigenvalue weighted by atomic mass is 32.2. The molecule has 1 heterocycles. The molecule has 31 heavy (non-hydrogen) atoms. The maximum Gasteiger partial charge on any atom is 0.264 e. The molecule has 1 aromatic heterocycles. The number of nitrogens with one attached hydrogen (secondary N) is 1. The first-order chi connectivity index (χ1) is 14.8. The normalized spacial score (nSPS) is 11.3. The van der Waals surface area contributed by atoms with Gasteiger partial charge in [-0.2, -0.15) is 0 Å². The Labute approximate surface area is 183 Å². The molecule has 0 saturated carbocycles. The largest absolute Gasteiger partial charge is 0.354 e. The second-order valence-electron chi connectivity index (χ2n) is 7.67. The highest BCUT2D eigenvalue weighted by molar-refractivity contribution is 7.92. The highest BCUT2D eigenvalue weighted by Crippen LogP contribution is 2.26. The Balaban J connectivity index is 1.78. The lowest BCUT2D eigenvalue weighted by Gasteiger charge is -2.25. The number of benzene rings is 2. The first-order valence-electron chi connectivity index (χ1n) is 10.2. The van der Waals surface area contributed by atoms with Gasteiger partial charge in [-0.1, -0.05) is 23.8 Å². The predicted molar refractivity (Wildman–Crippen MR) is 121 cm³/mol. The van der Waals surface area contributed by atoms with E-state index in [1.807, 2.05) is 37.6 Å². The molecule has 1 N–H and O–H groups in total. The molecule has 0 unspecified atom stereocenters. The lowest BCUT2D eigenvalue weighted by molar-refractivity contribution is -0.119. The van der Waals surface area contributed by atoms with Crippen molar-refractivity contribution in [3.05, 3.63) is 77.9 Å². The van der Waals surface area contributed by atoms with Crippen molar-refractivity contribution in [2.75, 3.05) is 17.4 Å². The summed E-state index contributed by atoms with van der Waals surface area (Å²) in [6.07, 6.45) is 6.00. The van der Waals surface area contributed by atoms with E-state index in [-0.39, 0.29) is 17.3 Å². The number of carbonyl (C=O) groups is 1. The molecule has 164 valence electrons. The van der Waals surface area contributed by atoms with E-state index >= 15 is 0 Å². The van der Waals surface area contributed by atoms with Crippen molar-refractivity contribution in [1.29, 1.82) is 0 Å². The van der Waals surface area contributed by atoms with Crippen LogP contribution in [0.2, 0.25) is 0 Å². The van der Waals surface area contributed by atoms with Gasteiger partial charge in [0.2, 0.25) is 5.91 Å². The summed E-state index contributed by atoms with van der Waals surface area (Å²) >= 11 is 0. The number of rotatable bonds is 9. The van der Waals surface area contributed by atoms with E-state index in [2.05, 4.69) is 10.3 Å². The Kier molecular flexibility index (Phi) is 7.12. The second-order valence-corrected chi connectivity index (χ2v) is 9.54. The minimum absolute atomic E-state index is 0.158. The van der Waals surface area contributed by atoms with Gasteiger partial charge in [-0.05, 0) is 62.6 Å². The predicted octanol–water partition coefficient (Wildman–Crippen LogP) is 3.21. The molecule has 0 radical (unpaired) electrons. The van der Waals surface area contributed by atoms with Gasteiger partial charge >= 0.3 is 0 Å². The zero-order valence-electron chi connectivity index (χ0n) is 18.1. The third kappa shape index (κ3) is 5.95. The lowest BCUT2D eigenvalue weighted by Crippen LogP contribution is -2.41. The minimum atomic E-state index is -3.91. The van der Waals surface area contributed by atoms with Gasteiger partial charge in [-0.25, -0.2) is 13.4 Å². The van der Waals surface area contributed by atoms with Gasteiger partial charge in [0.15, 0.2) is 0 Å². The summed E-state index contributed by atoms with van der Waals surface area (Å²) < 4.78 is 30.0. The fraction of sp³-hybridized carbons (Fsp3) is 0.304.